The molecule has 1 atom stereocenters. The summed E-state index contributed by atoms with van der Waals surface area (Å²) in [5.41, 5.74) is 1.42. The highest BCUT2D eigenvalue weighted by molar-refractivity contribution is 7.10. The van der Waals surface area contributed by atoms with Crippen LogP contribution in [0.25, 0.3) is 0 Å². The molecule has 3 heteroatoms. The predicted molar refractivity (Wildman–Crippen MR) is 78.1 cm³/mol. The maximum atomic E-state index is 3.60. The van der Waals surface area contributed by atoms with Gasteiger partial charge in [0.25, 0.3) is 0 Å². The Bertz CT molecular complexity index is 431. The van der Waals surface area contributed by atoms with Crippen molar-refractivity contribution in [1.29, 1.82) is 0 Å². The Morgan fingerprint density at radius 1 is 1.24 bits per heavy atom. The number of nitrogens with one attached hydrogen (secondary N) is 1. The number of aryl methyl sites for hydroxylation is 2. The van der Waals surface area contributed by atoms with Gasteiger partial charge in [-0.05, 0) is 54.8 Å². The summed E-state index contributed by atoms with van der Waals surface area (Å²) in [5, 5.41) is 7.96. The van der Waals surface area contributed by atoms with Gasteiger partial charge in [-0.2, -0.15) is 0 Å². The van der Waals surface area contributed by atoms with Crippen molar-refractivity contribution in [1.82, 2.24) is 5.32 Å². The average Bonchev–Trinajstić information content (AvgIpc) is 2.95. The van der Waals surface area contributed by atoms with E-state index in [4.69, 9.17) is 0 Å². The molecule has 0 spiro atoms. The largest absolute Gasteiger partial charge is 0.310 e. The molecule has 2 aromatic heterocycles. The SMILES string of the molecule is CCNC(CCc1cccs1)c1sccc1C. The monoisotopic (exact) mass is 265 g/mol. The van der Waals surface area contributed by atoms with E-state index in [1.54, 1.807) is 0 Å². The molecule has 1 unspecified atom stereocenters. The molecule has 0 amide bonds. The fourth-order valence-corrected chi connectivity index (χ4v) is 3.82. The molecule has 92 valence electrons. The van der Waals surface area contributed by atoms with Crippen LogP contribution in [0.1, 0.15) is 34.7 Å². The predicted octanol–water partition coefficient (Wildman–Crippen LogP) is 4.40. The average molecular weight is 265 g/mol. The van der Waals surface area contributed by atoms with E-state index in [2.05, 4.69) is 48.1 Å². The van der Waals surface area contributed by atoms with Gasteiger partial charge in [-0.1, -0.05) is 13.0 Å². The third kappa shape index (κ3) is 3.41. The standard InChI is InChI=1S/C14H19NS2/c1-3-15-13(14-11(2)8-10-17-14)7-6-12-5-4-9-16-12/h4-5,8-10,13,15H,3,6-7H2,1-2H3. The van der Waals surface area contributed by atoms with E-state index in [9.17, 15) is 0 Å². The van der Waals surface area contributed by atoms with Gasteiger partial charge in [-0.15, -0.1) is 22.7 Å². The minimum Gasteiger partial charge on any atom is -0.310 e. The van der Waals surface area contributed by atoms with Crippen LogP contribution in [0.2, 0.25) is 0 Å². The molecule has 0 fully saturated rings. The van der Waals surface area contributed by atoms with Crippen molar-refractivity contribution in [2.24, 2.45) is 0 Å². The molecule has 2 rings (SSSR count). The molecule has 1 N–H and O–H groups in total. The van der Waals surface area contributed by atoms with Crippen LogP contribution in [-0.2, 0) is 6.42 Å². The molecular weight excluding hydrogens is 246 g/mol. The molecule has 17 heavy (non-hydrogen) atoms. The molecule has 0 bridgehead atoms. The Hall–Kier alpha value is -0.640. The van der Waals surface area contributed by atoms with Crippen LogP contribution in [0, 0.1) is 6.92 Å². The first-order valence-electron chi connectivity index (χ1n) is 6.11. The molecule has 0 aromatic carbocycles. The lowest BCUT2D eigenvalue weighted by atomic mass is 10.1. The first-order chi connectivity index (χ1) is 8.31. The van der Waals surface area contributed by atoms with E-state index < -0.39 is 0 Å². The Kier molecular flexibility index (Phi) is 4.77. The Labute approximate surface area is 112 Å². The zero-order valence-corrected chi connectivity index (χ0v) is 12.0. The third-order valence-electron chi connectivity index (χ3n) is 2.93. The summed E-state index contributed by atoms with van der Waals surface area (Å²) in [7, 11) is 0. The molecule has 2 heterocycles. The van der Waals surface area contributed by atoms with Gasteiger partial charge in [0, 0.05) is 15.8 Å². The van der Waals surface area contributed by atoms with Gasteiger partial charge < -0.3 is 5.32 Å². The van der Waals surface area contributed by atoms with Crippen LogP contribution in [0.4, 0.5) is 0 Å². The Balaban J connectivity index is 2.00. The first kappa shape index (κ1) is 12.8. The highest BCUT2D eigenvalue weighted by Crippen LogP contribution is 2.28. The summed E-state index contributed by atoms with van der Waals surface area (Å²) in [6.07, 6.45) is 2.36. The van der Waals surface area contributed by atoms with Gasteiger partial charge in [0.2, 0.25) is 0 Å². The molecule has 0 radical (unpaired) electrons. The van der Waals surface area contributed by atoms with Gasteiger partial charge in [-0.3, -0.25) is 0 Å². The summed E-state index contributed by atoms with van der Waals surface area (Å²) in [6, 6.07) is 7.10. The summed E-state index contributed by atoms with van der Waals surface area (Å²) >= 11 is 3.74. The van der Waals surface area contributed by atoms with E-state index in [-0.39, 0.29) is 0 Å². The van der Waals surface area contributed by atoms with E-state index in [1.165, 1.54) is 28.2 Å². The summed E-state index contributed by atoms with van der Waals surface area (Å²) in [4.78, 5) is 2.99. The number of hydrogen-bond acceptors (Lipinski definition) is 3. The van der Waals surface area contributed by atoms with Crippen LogP contribution in [0.15, 0.2) is 29.0 Å². The second-order valence-corrected chi connectivity index (χ2v) is 6.18. The van der Waals surface area contributed by atoms with Gasteiger partial charge in [0.1, 0.15) is 0 Å². The molecule has 0 aliphatic rings. The van der Waals surface area contributed by atoms with E-state index in [1.807, 2.05) is 22.7 Å². The van der Waals surface area contributed by atoms with Gasteiger partial charge in [-0.25, -0.2) is 0 Å². The minimum absolute atomic E-state index is 0.516. The third-order valence-corrected chi connectivity index (χ3v) is 5.00. The van der Waals surface area contributed by atoms with Crippen molar-refractivity contribution in [2.45, 2.75) is 32.7 Å². The zero-order valence-electron chi connectivity index (χ0n) is 10.4. The quantitative estimate of drug-likeness (QED) is 0.816. The van der Waals surface area contributed by atoms with E-state index >= 15 is 0 Å². The van der Waals surface area contributed by atoms with Crippen molar-refractivity contribution in [3.63, 3.8) is 0 Å². The minimum atomic E-state index is 0.516. The fraction of sp³-hybridized carbons (Fsp3) is 0.429. The second kappa shape index (κ2) is 6.34. The molecule has 0 saturated heterocycles. The van der Waals surface area contributed by atoms with Crippen LogP contribution >= 0.6 is 22.7 Å². The van der Waals surface area contributed by atoms with Crippen LogP contribution in [0.5, 0.6) is 0 Å². The Morgan fingerprint density at radius 3 is 2.71 bits per heavy atom. The molecule has 0 aliphatic heterocycles. The Morgan fingerprint density at radius 2 is 2.12 bits per heavy atom. The van der Waals surface area contributed by atoms with Gasteiger partial charge in [0.05, 0.1) is 0 Å². The first-order valence-corrected chi connectivity index (χ1v) is 7.87. The maximum Gasteiger partial charge on any atom is 0.0420 e. The van der Waals surface area contributed by atoms with Crippen molar-refractivity contribution >= 4 is 22.7 Å². The smallest absolute Gasteiger partial charge is 0.0420 e. The van der Waals surface area contributed by atoms with Crippen LogP contribution in [0.3, 0.4) is 0 Å². The van der Waals surface area contributed by atoms with Crippen molar-refractivity contribution in [3.8, 4) is 0 Å². The highest BCUT2D eigenvalue weighted by atomic mass is 32.1. The molecule has 0 aliphatic carbocycles. The lowest BCUT2D eigenvalue weighted by molar-refractivity contribution is 0.523. The molecular formula is C14H19NS2. The molecule has 2 aromatic rings. The number of thiophene rings is 2. The molecule has 1 nitrogen and oxygen atoms in total. The lowest BCUT2D eigenvalue weighted by Crippen LogP contribution is -2.21. The summed E-state index contributed by atoms with van der Waals surface area (Å²) < 4.78 is 0. The van der Waals surface area contributed by atoms with Crippen LogP contribution < -0.4 is 5.32 Å². The maximum absolute atomic E-state index is 3.60. The lowest BCUT2D eigenvalue weighted by Gasteiger charge is -2.17. The van der Waals surface area contributed by atoms with Crippen LogP contribution in [-0.4, -0.2) is 6.54 Å². The van der Waals surface area contributed by atoms with Crippen molar-refractivity contribution in [3.05, 3.63) is 44.3 Å². The van der Waals surface area contributed by atoms with E-state index in [0.717, 1.165) is 6.54 Å². The van der Waals surface area contributed by atoms with Crippen molar-refractivity contribution in [2.75, 3.05) is 6.54 Å². The second-order valence-electron chi connectivity index (χ2n) is 4.20. The fourth-order valence-electron chi connectivity index (χ4n) is 2.06. The van der Waals surface area contributed by atoms with Crippen molar-refractivity contribution < 1.29 is 0 Å². The summed E-state index contributed by atoms with van der Waals surface area (Å²) in [5.74, 6) is 0. The topological polar surface area (TPSA) is 12.0 Å². The number of rotatable bonds is 6. The summed E-state index contributed by atoms with van der Waals surface area (Å²) in [6.45, 7) is 5.43. The highest BCUT2D eigenvalue weighted by Gasteiger charge is 2.14. The molecule has 0 saturated carbocycles. The van der Waals surface area contributed by atoms with Gasteiger partial charge in [0.15, 0.2) is 0 Å². The zero-order chi connectivity index (χ0) is 12.1. The van der Waals surface area contributed by atoms with Gasteiger partial charge >= 0.3 is 0 Å². The van der Waals surface area contributed by atoms with E-state index in [0.29, 0.717) is 6.04 Å². The normalized spacial score (nSPS) is 12.8. The number of hydrogen-bond donors (Lipinski definition) is 1.